The van der Waals surface area contributed by atoms with Gasteiger partial charge in [0.25, 0.3) is 0 Å². The van der Waals surface area contributed by atoms with Gasteiger partial charge in [-0.3, -0.25) is 9.83 Å². The zero-order chi connectivity index (χ0) is 64.6. The van der Waals surface area contributed by atoms with E-state index in [4.69, 9.17) is 45.5 Å². The second-order valence-electron chi connectivity index (χ2n) is 32.2. The molecule has 83 heavy (non-hydrogen) atoms. The van der Waals surface area contributed by atoms with Gasteiger partial charge in [-0.2, -0.15) is 4.33 Å². The van der Waals surface area contributed by atoms with Gasteiger partial charge < -0.3 is 61.0 Å². The number of hydrogen-bond donors (Lipinski definition) is 2. The quantitative estimate of drug-likeness (QED) is 0.0273. The van der Waals surface area contributed by atoms with Crippen molar-refractivity contribution < 1.29 is 105 Å². The van der Waals surface area contributed by atoms with Gasteiger partial charge in [-0.1, -0.05) is 150 Å². The minimum absolute atomic E-state index is 0. The van der Waals surface area contributed by atoms with E-state index in [9.17, 15) is 20.3 Å². The van der Waals surface area contributed by atoms with Gasteiger partial charge in [0.15, 0.2) is 67.6 Å². The average Bonchev–Trinajstić information content (AvgIpc) is 3.27. The molecule has 0 bridgehead atoms. The molecule has 16 nitrogen and oxygen atoms in total. The van der Waals surface area contributed by atoms with Crippen LogP contribution in [0.15, 0.2) is 0 Å². The second-order valence-corrected chi connectivity index (χ2v) is 62.6. The van der Waals surface area contributed by atoms with Crippen LogP contribution < -0.4 is 34.8 Å². The van der Waals surface area contributed by atoms with Crippen molar-refractivity contribution in [2.45, 2.75) is 341 Å². The number of carbonyl (C=O) groups excluding carboxylic acids is 1. The number of hydrogen-bond acceptors (Lipinski definition) is 18. The van der Waals surface area contributed by atoms with Crippen molar-refractivity contribution in [1.29, 1.82) is 0 Å². The Hall–Kier alpha value is 2.07. The van der Waals surface area contributed by atoms with Crippen molar-refractivity contribution >= 4 is 78.8 Å². The van der Waals surface area contributed by atoms with Gasteiger partial charge in [0, 0.05) is 24.7 Å². The van der Waals surface area contributed by atoms with Crippen LogP contribution in [-0.4, -0.2) is 164 Å². The van der Waals surface area contributed by atoms with E-state index in [1.807, 2.05) is 13.8 Å². The summed E-state index contributed by atoms with van der Waals surface area (Å²) in [6.45, 7) is 72.3. The fourth-order valence-corrected chi connectivity index (χ4v) is 16.1. The molecular weight excluding hydrogens is 1210 g/mol. The first-order chi connectivity index (χ1) is 36.5. The van der Waals surface area contributed by atoms with Crippen LogP contribution in [0, 0.1) is 0 Å². The molecule has 0 radical (unpaired) electrons. The van der Waals surface area contributed by atoms with E-state index < -0.39 is 124 Å². The molecule has 12 unspecified atom stereocenters. The van der Waals surface area contributed by atoms with E-state index in [-0.39, 0.29) is 83.9 Å². The van der Waals surface area contributed by atoms with Crippen LogP contribution in [0.2, 0.25) is 109 Å². The Morgan fingerprint density at radius 3 is 0.928 bits per heavy atom. The van der Waals surface area contributed by atoms with Crippen molar-refractivity contribution in [2.24, 2.45) is 0 Å². The van der Waals surface area contributed by atoms with Crippen LogP contribution in [0.5, 0.6) is 0 Å². The topological polar surface area (TPSA) is 191 Å². The standard InChI is InChI=1S/C30H64O7SSi3.C28H62O9SSi3.Na/c1-18-22(32)19-33-27-26(37-41(16,17)30(9,10)11)25(36-40(14,15)29(6,7)8)24(23(34-27)20-38-21(2)31)35-39(12,13)28(3,4)5;1-17-20(29)18-31-25-24(35-41(15,16)28(8,9)10)23(34-40(13,14)27(5,6)7)22(21(32-25)19-38-37-36-30)33-39(11,12)26(2,3)4;/h22-27,32H,18-20H2,1-17H3;20-25,29-30H,17-19H2,1-16H3;/q;;+1/p-1. The second kappa shape index (κ2) is 32.8. The van der Waals surface area contributed by atoms with Crippen LogP contribution in [-0.2, 0) is 59.7 Å². The molecule has 0 aromatic carbocycles. The third-order valence-corrected chi connectivity index (χ3v) is 47.6. The summed E-state index contributed by atoms with van der Waals surface area (Å²) >= 11 is 2.11. The molecule has 2 aliphatic heterocycles. The van der Waals surface area contributed by atoms with Gasteiger partial charge in [-0.15, -0.1) is 0 Å². The Kier molecular flexibility index (Phi) is 33.6. The smallest absolute Gasteiger partial charge is 0.691 e. The normalized spacial score (nSPS) is 26.0. The largest absolute Gasteiger partial charge is 1.00 e. The minimum Gasteiger partial charge on any atom is -0.691 e. The van der Waals surface area contributed by atoms with Crippen molar-refractivity contribution in [3.8, 4) is 0 Å². The van der Waals surface area contributed by atoms with E-state index in [1.165, 1.54) is 11.8 Å². The number of rotatable bonds is 26. The van der Waals surface area contributed by atoms with E-state index in [1.54, 1.807) is 6.92 Å². The molecule has 490 valence electrons. The molecule has 0 aromatic heterocycles. The Labute approximate surface area is 544 Å². The van der Waals surface area contributed by atoms with Crippen LogP contribution in [0.25, 0.3) is 0 Å². The molecule has 25 heteroatoms. The molecule has 2 aliphatic rings. The van der Waals surface area contributed by atoms with Gasteiger partial charge in [0.05, 0.1) is 55.6 Å². The minimum atomic E-state index is -2.37. The van der Waals surface area contributed by atoms with E-state index in [2.05, 4.69) is 213 Å². The molecule has 12 atom stereocenters. The third kappa shape index (κ3) is 25.1. The first-order valence-electron chi connectivity index (χ1n) is 30.2. The maximum atomic E-state index is 12.1. The van der Waals surface area contributed by atoms with E-state index in [0.717, 1.165) is 12.0 Å². The predicted molar refractivity (Wildman–Crippen MR) is 352 cm³/mol. The molecule has 0 saturated carbocycles. The van der Waals surface area contributed by atoms with Crippen molar-refractivity contribution in [3.05, 3.63) is 0 Å². The molecule has 2 N–H and O–H groups in total. The zero-order valence-electron chi connectivity index (χ0n) is 59.1. The fraction of sp³-hybridized carbons (Fsp3) is 0.983. The number of carbonyl (C=O) groups is 1. The SMILES string of the molecule is CCC(O)COC1OC(CSC(C)=O)C(O[Si](C)(C)C(C)(C)C)C(O[Si](C)(C)C(C)(C)C)C1O[Si](C)(C)C(C)(C)C.CCC(O)COC1OC(CSOO[O-])C(O[Si](C)(C)C(C)(C)C)C(O[Si](C)(C)C(C)(C)C)C1O[Si](C)(C)C(C)(C)C.[Na+]. The summed E-state index contributed by atoms with van der Waals surface area (Å²) in [5, 5.41) is 34.8. The van der Waals surface area contributed by atoms with Crippen molar-refractivity contribution in [2.75, 3.05) is 24.7 Å². The number of thioether (sulfide) groups is 1. The first kappa shape index (κ1) is 85.1. The van der Waals surface area contributed by atoms with Gasteiger partial charge in [0.2, 0.25) is 0 Å². The molecule has 2 fully saturated rings. The molecule has 2 saturated heterocycles. The zero-order valence-corrected chi connectivity index (χ0v) is 68.7. The molecule has 0 aromatic rings. The van der Waals surface area contributed by atoms with Gasteiger partial charge in [-0.25, -0.2) is 0 Å². The van der Waals surface area contributed by atoms with Crippen molar-refractivity contribution in [1.82, 2.24) is 0 Å². The fourth-order valence-electron chi connectivity index (χ4n) is 7.16. The number of ether oxygens (including phenoxy) is 4. The summed E-state index contributed by atoms with van der Waals surface area (Å²) < 4.78 is 73.9. The molecule has 2 rings (SSSR count). The van der Waals surface area contributed by atoms with Crippen LogP contribution in [0.4, 0.5) is 0 Å². The number of aliphatic hydroxyl groups is 2. The summed E-state index contributed by atoms with van der Waals surface area (Å²) in [5.74, 6) is 0.677. The third-order valence-electron chi connectivity index (χ3n) is 19.2. The van der Waals surface area contributed by atoms with Gasteiger partial charge >= 0.3 is 29.6 Å². The Bertz CT molecular complexity index is 1920. The Balaban J connectivity index is 0.00000160. The summed E-state index contributed by atoms with van der Waals surface area (Å²) in [7, 11) is -14.1. The summed E-state index contributed by atoms with van der Waals surface area (Å²) in [5.41, 5.74) is 0. The monoisotopic (exact) mass is 1330 g/mol. The number of aliphatic hydroxyl groups excluding tert-OH is 2. The van der Waals surface area contributed by atoms with Gasteiger partial charge in [0.1, 0.15) is 24.4 Å². The first-order valence-corrected chi connectivity index (χ1v) is 49.5. The maximum Gasteiger partial charge on any atom is 1.00 e. The molecule has 0 amide bonds. The Morgan fingerprint density at radius 1 is 0.458 bits per heavy atom. The van der Waals surface area contributed by atoms with Gasteiger partial charge in [-0.05, 0) is 122 Å². The summed E-state index contributed by atoms with van der Waals surface area (Å²) in [6, 6.07) is 0. The molecule has 2 heterocycles. The van der Waals surface area contributed by atoms with Crippen LogP contribution in [0.3, 0.4) is 0 Å². The summed E-state index contributed by atoms with van der Waals surface area (Å²) in [4.78, 5) is 12.1. The van der Waals surface area contributed by atoms with E-state index in [0.29, 0.717) is 18.6 Å². The van der Waals surface area contributed by atoms with Crippen molar-refractivity contribution in [3.63, 3.8) is 0 Å². The van der Waals surface area contributed by atoms with Crippen LogP contribution in [0.1, 0.15) is 158 Å². The maximum absolute atomic E-state index is 12.1. The molecule has 0 aliphatic carbocycles. The predicted octanol–water partition coefficient (Wildman–Crippen LogP) is 11.5. The Morgan fingerprint density at radius 2 is 0.699 bits per heavy atom. The molecule has 0 spiro atoms. The summed E-state index contributed by atoms with van der Waals surface area (Å²) in [6.07, 6.45) is -5.81. The average molecular weight is 1330 g/mol. The van der Waals surface area contributed by atoms with Crippen LogP contribution >= 0.6 is 23.8 Å². The molecular formula is C58H125NaO16S2Si6. The van der Waals surface area contributed by atoms with E-state index >= 15 is 0 Å².